The third-order valence-electron chi connectivity index (χ3n) is 5.22. The van der Waals surface area contributed by atoms with E-state index in [1.165, 1.54) is 11.3 Å². The van der Waals surface area contributed by atoms with Gasteiger partial charge in [-0.3, -0.25) is 14.4 Å². The highest BCUT2D eigenvalue weighted by Gasteiger charge is 2.43. The van der Waals surface area contributed by atoms with Crippen molar-refractivity contribution in [2.24, 2.45) is 11.8 Å². The first kappa shape index (κ1) is 16.6. The lowest BCUT2D eigenvalue weighted by atomic mass is 9.75. The lowest BCUT2D eigenvalue weighted by molar-refractivity contribution is -0.127. The SMILES string of the molecule is CNCc1cn(C[C@H]2C[C@@H]3CCN2C[C@@H]3C(=O)Nc2nccs2)nn1. The Hall–Kier alpha value is -1.84. The van der Waals surface area contributed by atoms with Gasteiger partial charge >= 0.3 is 0 Å². The van der Waals surface area contributed by atoms with Gasteiger partial charge in [0.25, 0.3) is 0 Å². The molecule has 0 aromatic carbocycles. The standard InChI is InChI=1S/C16H23N7OS/c1-17-7-12-8-23(21-20-12)9-13-6-11-2-4-22(13)10-14(11)15(24)19-16-18-3-5-25-16/h3,5,8,11,13-14,17H,2,4,6-7,9-10H2,1H3,(H,18,19,24)/t11-,13+,14-/m0/s1. The summed E-state index contributed by atoms with van der Waals surface area (Å²) in [6.45, 7) is 3.46. The molecule has 0 saturated carbocycles. The van der Waals surface area contributed by atoms with E-state index in [9.17, 15) is 4.79 Å². The zero-order chi connectivity index (χ0) is 17.2. The number of nitrogens with one attached hydrogen (secondary N) is 2. The predicted octanol–water partition coefficient (Wildman–Crippen LogP) is 0.803. The molecule has 0 radical (unpaired) electrons. The molecule has 5 heterocycles. The molecule has 9 heteroatoms. The molecule has 5 rings (SSSR count). The van der Waals surface area contributed by atoms with E-state index in [4.69, 9.17) is 0 Å². The number of fused-ring (bicyclic) bond motifs is 3. The molecule has 8 nitrogen and oxygen atoms in total. The summed E-state index contributed by atoms with van der Waals surface area (Å²) in [4.78, 5) is 19.2. The number of carbonyl (C=O) groups is 1. The molecular weight excluding hydrogens is 338 g/mol. The molecule has 134 valence electrons. The minimum atomic E-state index is 0.0597. The minimum Gasteiger partial charge on any atom is -0.314 e. The highest BCUT2D eigenvalue weighted by atomic mass is 32.1. The van der Waals surface area contributed by atoms with Gasteiger partial charge in [0.1, 0.15) is 0 Å². The first-order valence-electron chi connectivity index (χ1n) is 8.71. The van der Waals surface area contributed by atoms with Crippen molar-refractivity contribution in [3.8, 4) is 0 Å². The second-order valence-corrected chi connectivity index (χ2v) is 7.72. The lowest BCUT2D eigenvalue weighted by Gasteiger charge is -2.49. The van der Waals surface area contributed by atoms with Crippen LogP contribution in [0.4, 0.5) is 5.13 Å². The number of carbonyl (C=O) groups excluding carboxylic acids is 1. The van der Waals surface area contributed by atoms with Gasteiger partial charge in [0.15, 0.2) is 5.13 Å². The van der Waals surface area contributed by atoms with Gasteiger partial charge in [-0.05, 0) is 32.4 Å². The van der Waals surface area contributed by atoms with Crippen LogP contribution in [0.5, 0.6) is 0 Å². The fourth-order valence-corrected chi connectivity index (χ4v) is 4.55. The molecule has 1 amide bonds. The van der Waals surface area contributed by atoms with Gasteiger partial charge in [-0.1, -0.05) is 5.21 Å². The van der Waals surface area contributed by atoms with Crippen LogP contribution in [0.3, 0.4) is 0 Å². The Morgan fingerprint density at radius 3 is 3.12 bits per heavy atom. The lowest BCUT2D eigenvalue weighted by Crippen LogP contribution is -2.57. The van der Waals surface area contributed by atoms with Crippen molar-refractivity contribution in [3.63, 3.8) is 0 Å². The third-order valence-corrected chi connectivity index (χ3v) is 5.91. The fraction of sp³-hybridized carbons (Fsp3) is 0.625. The van der Waals surface area contributed by atoms with E-state index in [-0.39, 0.29) is 11.8 Å². The minimum absolute atomic E-state index is 0.0597. The number of hydrogen-bond acceptors (Lipinski definition) is 7. The van der Waals surface area contributed by atoms with Crippen LogP contribution in [0.2, 0.25) is 0 Å². The van der Waals surface area contributed by atoms with Crippen molar-refractivity contribution in [3.05, 3.63) is 23.5 Å². The molecule has 3 saturated heterocycles. The molecule has 3 aliphatic heterocycles. The normalized spacial score (nSPS) is 28.2. The van der Waals surface area contributed by atoms with E-state index in [1.807, 2.05) is 23.3 Å². The predicted molar refractivity (Wildman–Crippen MR) is 95.1 cm³/mol. The molecule has 25 heavy (non-hydrogen) atoms. The molecule has 0 spiro atoms. The summed E-state index contributed by atoms with van der Waals surface area (Å²) in [6, 6.07) is 0.437. The van der Waals surface area contributed by atoms with Crippen molar-refractivity contribution in [1.82, 2.24) is 30.2 Å². The quantitative estimate of drug-likeness (QED) is 0.791. The number of hydrogen-bond donors (Lipinski definition) is 2. The van der Waals surface area contributed by atoms with E-state index in [0.717, 1.165) is 44.7 Å². The van der Waals surface area contributed by atoms with Gasteiger partial charge < -0.3 is 10.6 Å². The number of anilines is 1. The number of rotatable bonds is 6. The Bertz CT molecular complexity index is 716. The maximum atomic E-state index is 12.6. The molecule has 2 aromatic rings. The smallest absolute Gasteiger partial charge is 0.230 e. The summed E-state index contributed by atoms with van der Waals surface area (Å²) in [7, 11) is 1.90. The van der Waals surface area contributed by atoms with Crippen LogP contribution < -0.4 is 10.6 Å². The van der Waals surface area contributed by atoms with Crippen molar-refractivity contribution >= 4 is 22.4 Å². The Morgan fingerprint density at radius 1 is 1.48 bits per heavy atom. The Labute approximate surface area is 150 Å². The zero-order valence-electron chi connectivity index (χ0n) is 14.3. The van der Waals surface area contributed by atoms with Crippen LogP contribution in [0.1, 0.15) is 18.5 Å². The maximum absolute atomic E-state index is 12.6. The number of amides is 1. The topological polar surface area (TPSA) is 88.0 Å². The fourth-order valence-electron chi connectivity index (χ4n) is 4.01. The number of aromatic nitrogens is 4. The van der Waals surface area contributed by atoms with E-state index in [1.54, 1.807) is 6.20 Å². The summed E-state index contributed by atoms with van der Waals surface area (Å²) >= 11 is 1.46. The van der Waals surface area contributed by atoms with E-state index < -0.39 is 0 Å². The van der Waals surface area contributed by atoms with Crippen molar-refractivity contribution in [1.29, 1.82) is 0 Å². The molecule has 0 aliphatic carbocycles. The van der Waals surface area contributed by atoms with Gasteiger partial charge in [-0.15, -0.1) is 16.4 Å². The largest absolute Gasteiger partial charge is 0.314 e. The summed E-state index contributed by atoms with van der Waals surface area (Å²) < 4.78 is 1.93. The van der Waals surface area contributed by atoms with Crippen molar-refractivity contribution < 1.29 is 4.79 Å². The average molecular weight is 361 g/mol. The maximum Gasteiger partial charge on any atom is 0.230 e. The van der Waals surface area contributed by atoms with Crippen LogP contribution in [-0.4, -0.2) is 57.0 Å². The van der Waals surface area contributed by atoms with Crippen LogP contribution in [0.15, 0.2) is 17.8 Å². The van der Waals surface area contributed by atoms with Crippen molar-refractivity contribution in [2.45, 2.75) is 32.0 Å². The van der Waals surface area contributed by atoms with E-state index in [2.05, 4.69) is 30.8 Å². The average Bonchev–Trinajstić information content (AvgIpc) is 3.28. The first-order valence-corrected chi connectivity index (χ1v) is 9.59. The second kappa shape index (κ2) is 7.19. The Balaban J connectivity index is 1.37. The van der Waals surface area contributed by atoms with Crippen LogP contribution in [0, 0.1) is 11.8 Å². The second-order valence-electron chi connectivity index (χ2n) is 6.83. The van der Waals surface area contributed by atoms with Gasteiger partial charge in [0.05, 0.1) is 18.2 Å². The van der Waals surface area contributed by atoms with Gasteiger partial charge in [-0.2, -0.15) is 0 Å². The summed E-state index contributed by atoms with van der Waals surface area (Å²) in [5, 5.41) is 17.0. The van der Waals surface area contributed by atoms with Crippen LogP contribution in [-0.2, 0) is 17.9 Å². The monoisotopic (exact) mass is 361 g/mol. The van der Waals surface area contributed by atoms with Crippen molar-refractivity contribution in [2.75, 3.05) is 25.5 Å². The van der Waals surface area contributed by atoms with E-state index in [0.29, 0.717) is 17.1 Å². The molecule has 3 fully saturated rings. The molecule has 2 aromatic heterocycles. The Morgan fingerprint density at radius 2 is 2.40 bits per heavy atom. The molecule has 3 aliphatic rings. The molecule has 1 unspecified atom stereocenters. The van der Waals surface area contributed by atoms with Crippen LogP contribution in [0.25, 0.3) is 0 Å². The number of piperidine rings is 3. The van der Waals surface area contributed by atoms with Gasteiger partial charge in [0.2, 0.25) is 5.91 Å². The first-order chi connectivity index (χ1) is 12.2. The summed E-state index contributed by atoms with van der Waals surface area (Å²) in [6.07, 6.45) is 5.85. The molecule has 2 N–H and O–H groups in total. The number of thiazole rings is 1. The van der Waals surface area contributed by atoms with Crippen LogP contribution >= 0.6 is 11.3 Å². The Kier molecular flexibility index (Phi) is 4.78. The van der Waals surface area contributed by atoms with Gasteiger partial charge in [-0.25, -0.2) is 4.98 Å². The van der Waals surface area contributed by atoms with Gasteiger partial charge in [0, 0.05) is 36.9 Å². The van der Waals surface area contributed by atoms with E-state index >= 15 is 0 Å². The number of nitrogens with zero attached hydrogens (tertiary/aromatic N) is 5. The summed E-state index contributed by atoms with van der Waals surface area (Å²) in [5.74, 6) is 0.611. The zero-order valence-corrected chi connectivity index (χ0v) is 15.1. The molecular formula is C16H23N7OS. The molecule has 2 bridgehead atoms. The molecule has 4 atom stereocenters. The highest BCUT2D eigenvalue weighted by Crippen LogP contribution is 2.37. The third kappa shape index (κ3) is 3.58. The summed E-state index contributed by atoms with van der Waals surface area (Å²) in [5.41, 5.74) is 0.958. The highest BCUT2D eigenvalue weighted by molar-refractivity contribution is 7.13.